The van der Waals surface area contributed by atoms with Gasteiger partial charge < -0.3 is 0 Å². The van der Waals surface area contributed by atoms with Gasteiger partial charge in [-0.1, -0.05) is 78.6 Å². The van der Waals surface area contributed by atoms with Crippen LogP contribution in [-0.2, 0) is 23.6 Å². The first-order chi connectivity index (χ1) is 25.9. The van der Waals surface area contributed by atoms with E-state index in [2.05, 4.69) is 20.8 Å². The second-order valence-corrected chi connectivity index (χ2v) is 22.9. The topological polar surface area (TPSA) is 78.9 Å². The summed E-state index contributed by atoms with van der Waals surface area (Å²) >= 11 is -4.71. The molecule has 314 valence electrons. The van der Waals surface area contributed by atoms with Gasteiger partial charge in [0.25, 0.3) is 0 Å². The third-order valence-electron chi connectivity index (χ3n) is 10.6. The van der Waals surface area contributed by atoms with Crippen LogP contribution in [-0.4, -0.2) is 37.5 Å². The first kappa shape index (κ1) is 52.2. The molecule has 0 aliphatic rings. The van der Waals surface area contributed by atoms with Crippen LogP contribution in [0.2, 0.25) is 4.94 Å². The number of rotatable bonds is 42. The molecule has 0 saturated heterocycles. The molecule has 0 unspecified atom stereocenters. The zero-order chi connectivity index (χ0) is 38.9. The fourth-order valence-electron chi connectivity index (χ4n) is 7.17. The Labute approximate surface area is 335 Å². The van der Waals surface area contributed by atoms with Crippen molar-refractivity contribution in [3.05, 3.63) is 0 Å². The summed E-state index contributed by atoms with van der Waals surface area (Å²) in [5.41, 5.74) is 0. The van der Waals surface area contributed by atoms with Gasteiger partial charge in [-0.2, -0.15) is 0 Å². The molecule has 7 heteroatoms. The zero-order valence-electron chi connectivity index (χ0n) is 36.0. The van der Waals surface area contributed by atoms with E-state index in [4.69, 9.17) is 9.22 Å². The molecule has 0 spiro atoms. The normalized spacial score (nSPS) is 11.5. The first-order valence-electron chi connectivity index (χ1n) is 23.5. The van der Waals surface area contributed by atoms with Gasteiger partial charge in [-0.05, 0) is 0 Å². The first-order valence-corrected chi connectivity index (χ1v) is 29.9. The SMILES string of the molecule is CCCCCCCCCCCCCCC(=O)[O][Sn]([CH3])([O]C(=O)CCCCCCCCCCCCCC)[O]C(=O)CCCCCCCCCCCCCC. The average Bonchev–Trinajstić information content (AvgIpc) is 3.12. The van der Waals surface area contributed by atoms with Crippen LogP contribution in [0.3, 0.4) is 0 Å². The van der Waals surface area contributed by atoms with Crippen LogP contribution >= 0.6 is 0 Å². The van der Waals surface area contributed by atoms with Crippen LogP contribution in [0.25, 0.3) is 0 Å². The molecule has 0 atom stereocenters. The zero-order valence-corrected chi connectivity index (χ0v) is 38.9. The average molecular weight is 858 g/mol. The molecular weight excluding hydrogens is 767 g/mol. The predicted octanol–water partition coefficient (Wildman–Crippen LogP) is 15.5. The van der Waals surface area contributed by atoms with Gasteiger partial charge in [-0.15, -0.1) is 0 Å². The molecule has 6 nitrogen and oxygen atoms in total. The molecule has 0 aliphatic heterocycles. The molecule has 53 heavy (non-hydrogen) atoms. The molecule has 0 fully saturated rings. The van der Waals surface area contributed by atoms with E-state index in [-0.39, 0.29) is 19.3 Å². The van der Waals surface area contributed by atoms with Crippen molar-refractivity contribution in [2.75, 3.05) is 0 Å². The van der Waals surface area contributed by atoms with Crippen LogP contribution in [0.5, 0.6) is 0 Å². The van der Waals surface area contributed by atoms with Gasteiger partial charge in [-0.3, -0.25) is 0 Å². The fraction of sp³-hybridized carbons (Fsp3) is 0.935. The van der Waals surface area contributed by atoms with Crippen LogP contribution in [0.1, 0.15) is 271 Å². The minimum absolute atomic E-state index is 0.274. The maximum atomic E-state index is 12.9. The fourth-order valence-corrected chi connectivity index (χ4v) is 11.9. The second-order valence-electron chi connectivity index (χ2n) is 16.2. The van der Waals surface area contributed by atoms with Gasteiger partial charge in [0.15, 0.2) is 0 Å². The third-order valence-corrected chi connectivity index (χ3v) is 15.7. The van der Waals surface area contributed by atoms with E-state index in [1.54, 1.807) is 4.94 Å². The van der Waals surface area contributed by atoms with Gasteiger partial charge in [-0.25, -0.2) is 0 Å². The molecule has 0 saturated carbocycles. The monoisotopic (exact) mass is 859 g/mol. The Hall–Kier alpha value is -0.791. The van der Waals surface area contributed by atoms with E-state index in [0.29, 0.717) is 0 Å². The van der Waals surface area contributed by atoms with Crippen molar-refractivity contribution in [1.82, 2.24) is 0 Å². The van der Waals surface area contributed by atoms with Crippen molar-refractivity contribution in [3.63, 3.8) is 0 Å². The Bertz CT molecular complexity index is 715. The minimum Gasteiger partial charge on any atom is -0.0654 e. The van der Waals surface area contributed by atoms with Crippen molar-refractivity contribution >= 4 is 37.5 Å². The molecule has 0 heterocycles. The van der Waals surface area contributed by atoms with E-state index in [1.807, 2.05) is 0 Å². The molecule has 0 rings (SSSR count). The number of hydrogen-bond donors (Lipinski definition) is 0. The van der Waals surface area contributed by atoms with Crippen LogP contribution in [0.4, 0.5) is 0 Å². The summed E-state index contributed by atoms with van der Waals surface area (Å²) in [4.78, 5) is 40.3. The Morgan fingerprint density at radius 3 is 0.604 bits per heavy atom. The Morgan fingerprint density at radius 2 is 0.434 bits per heavy atom. The summed E-state index contributed by atoms with van der Waals surface area (Å²) in [7, 11) is 0. The van der Waals surface area contributed by atoms with Gasteiger partial charge in [0.2, 0.25) is 0 Å². The standard InChI is InChI=1S/3C15H30O2.CH3.Sn/c3*1-2-3-4-5-6-7-8-9-10-11-12-13-14-15(16)17;;/h3*2-14H2,1H3,(H,16,17);1H3;/q;;;;+3/p-3. The number of unbranched alkanes of at least 4 members (excludes halogenated alkanes) is 33. The van der Waals surface area contributed by atoms with E-state index >= 15 is 0 Å². The van der Waals surface area contributed by atoms with Gasteiger partial charge in [0, 0.05) is 0 Å². The molecule has 0 aromatic heterocycles. The summed E-state index contributed by atoms with van der Waals surface area (Å²) in [5.74, 6) is -1.19. The maximum absolute atomic E-state index is 12.9. The number of hydrogen-bond acceptors (Lipinski definition) is 6. The van der Waals surface area contributed by atoms with Crippen molar-refractivity contribution in [1.29, 1.82) is 0 Å². The Kier molecular flexibility index (Phi) is 40.2. The van der Waals surface area contributed by atoms with Crippen LogP contribution in [0, 0.1) is 0 Å². The number of carbonyl (C=O) groups excluding carboxylic acids is 3. The van der Waals surface area contributed by atoms with E-state index < -0.39 is 37.5 Å². The summed E-state index contributed by atoms with van der Waals surface area (Å²) < 4.78 is 17.4. The summed E-state index contributed by atoms with van der Waals surface area (Å²) in [6.45, 7) is 6.77. The molecule has 0 aromatic carbocycles. The van der Waals surface area contributed by atoms with Crippen LogP contribution in [0.15, 0.2) is 0 Å². The van der Waals surface area contributed by atoms with Gasteiger partial charge in [0.1, 0.15) is 0 Å². The third kappa shape index (κ3) is 39.2. The number of carbonyl (C=O) groups is 3. The quantitative estimate of drug-likeness (QED) is 0.0449. The molecule has 0 aliphatic carbocycles. The molecule has 0 aromatic rings. The molecule has 0 amide bonds. The van der Waals surface area contributed by atoms with E-state index in [1.165, 1.54) is 173 Å². The van der Waals surface area contributed by atoms with Crippen molar-refractivity contribution in [2.45, 2.75) is 276 Å². The molecular formula is C46H90O6Sn. The van der Waals surface area contributed by atoms with E-state index in [0.717, 1.165) is 57.8 Å². The minimum atomic E-state index is -4.71. The molecule has 0 radical (unpaired) electrons. The smallest absolute Gasteiger partial charge is 0.0654 e. The Morgan fingerprint density at radius 1 is 0.283 bits per heavy atom. The van der Waals surface area contributed by atoms with Crippen molar-refractivity contribution < 1.29 is 23.6 Å². The molecule has 0 bridgehead atoms. The molecule has 0 N–H and O–H groups in total. The Balaban J connectivity index is 4.50. The summed E-state index contributed by atoms with van der Waals surface area (Å²) in [5, 5.41) is 0. The summed E-state index contributed by atoms with van der Waals surface area (Å²) in [6, 6.07) is 0. The predicted molar refractivity (Wildman–Crippen MR) is 227 cm³/mol. The van der Waals surface area contributed by atoms with Crippen LogP contribution < -0.4 is 0 Å². The van der Waals surface area contributed by atoms with E-state index in [9.17, 15) is 14.4 Å². The van der Waals surface area contributed by atoms with Crippen molar-refractivity contribution in [2.24, 2.45) is 0 Å². The van der Waals surface area contributed by atoms with Crippen molar-refractivity contribution in [3.8, 4) is 0 Å². The summed E-state index contributed by atoms with van der Waals surface area (Å²) in [6.07, 6.45) is 44.9. The van der Waals surface area contributed by atoms with Gasteiger partial charge >= 0.3 is 259 Å². The second kappa shape index (κ2) is 40.9. The van der Waals surface area contributed by atoms with Gasteiger partial charge in [0.05, 0.1) is 0 Å².